The van der Waals surface area contributed by atoms with Crippen LogP contribution in [-0.2, 0) is 0 Å². The quantitative estimate of drug-likeness (QED) is 0.791. The number of rotatable bonds is 3. The Morgan fingerprint density at radius 2 is 2.12 bits per heavy atom. The minimum atomic E-state index is 0.492. The average Bonchev–Trinajstić information content (AvgIpc) is 2.58. The van der Waals surface area contributed by atoms with Crippen LogP contribution in [0.3, 0.4) is 0 Å². The number of hydrogen-bond donors (Lipinski definition) is 0. The summed E-state index contributed by atoms with van der Waals surface area (Å²) in [4.78, 5) is 4.47. The van der Waals surface area contributed by atoms with E-state index in [4.69, 9.17) is 4.74 Å². The highest BCUT2D eigenvalue weighted by molar-refractivity contribution is 5.56. The van der Waals surface area contributed by atoms with Crippen molar-refractivity contribution < 1.29 is 4.74 Å². The van der Waals surface area contributed by atoms with Gasteiger partial charge in [-0.3, -0.25) is 0 Å². The maximum absolute atomic E-state index is 5.64. The molecule has 3 nitrogen and oxygen atoms in total. The second-order valence-electron chi connectivity index (χ2n) is 4.34. The Morgan fingerprint density at radius 1 is 1.38 bits per heavy atom. The van der Waals surface area contributed by atoms with Crippen LogP contribution in [0.4, 0.5) is 0 Å². The van der Waals surface area contributed by atoms with Crippen molar-refractivity contribution in [2.45, 2.75) is 33.6 Å². The normalized spacial score (nSPS) is 11.3. The van der Waals surface area contributed by atoms with E-state index in [1.54, 1.807) is 0 Å². The lowest BCUT2D eigenvalue weighted by Gasteiger charge is -2.10. The van der Waals surface area contributed by atoms with Crippen LogP contribution in [-0.4, -0.2) is 16.0 Å². The molecule has 3 heteroatoms. The first-order chi connectivity index (χ1) is 7.61. The third-order valence-corrected chi connectivity index (χ3v) is 2.63. The van der Waals surface area contributed by atoms with Crippen molar-refractivity contribution in [3.63, 3.8) is 0 Å². The molecule has 0 saturated carbocycles. The average molecular weight is 218 g/mol. The summed E-state index contributed by atoms with van der Waals surface area (Å²) >= 11 is 0. The molecular weight excluding hydrogens is 200 g/mol. The van der Waals surface area contributed by atoms with E-state index in [0.29, 0.717) is 12.5 Å². The van der Waals surface area contributed by atoms with Crippen molar-refractivity contribution >= 4 is 5.65 Å². The number of imidazole rings is 1. The lowest BCUT2D eigenvalue weighted by Crippen LogP contribution is -1.99. The Morgan fingerprint density at radius 3 is 2.75 bits per heavy atom. The maximum atomic E-state index is 5.64. The molecule has 16 heavy (non-hydrogen) atoms. The molecule has 2 aromatic heterocycles. The van der Waals surface area contributed by atoms with Crippen molar-refractivity contribution in [2.75, 3.05) is 6.61 Å². The molecule has 0 radical (unpaired) electrons. The Hall–Kier alpha value is -1.51. The second kappa shape index (κ2) is 4.16. The van der Waals surface area contributed by atoms with E-state index in [-0.39, 0.29) is 0 Å². The predicted octanol–water partition coefficient (Wildman–Crippen LogP) is 3.16. The molecular formula is C13H18N2O. The number of aromatic nitrogens is 2. The van der Waals surface area contributed by atoms with Gasteiger partial charge in [0.25, 0.3) is 0 Å². The van der Waals surface area contributed by atoms with Gasteiger partial charge in [0, 0.05) is 12.4 Å². The van der Waals surface area contributed by atoms with Gasteiger partial charge in [-0.25, -0.2) is 4.98 Å². The number of hydrogen-bond acceptors (Lipinski definition) is 2. The summed E-state index contributed by atoms with van der Waals surface area (Å²) in [6.45, 7) is 9.02. The predicted molar refractivity (Wildman–Crippen MR) is 65.2 cm³/mol. The van der Waals surface area contributed by atoms with Crippen LogP contribution in [0.2, 0.25) is 0 Å². The van der Waals surface area contributed by atoms with Gasteiger partial charge in [0.2, 0.25) is 0 Å². The largest absolute Gasteiger partial charge is 0.490 e. The van der Waals surface area contributed by atoms with Gasteiger partial charge in [-0.2, -0.15) is 0 Å². The van der Waals surface area contributed by atoms with Crippen LogP contribution in [0.5, 0.6) is 5.75 Å². The molecule has 0 aliphatic heterocycles. The van der Waals surface area contributed by atoms with Gasteiger partial charge >= 0.3 is 0 Å². The summed E-state index contributed by atoms with van der Waals surface area (Å²) in [5.41, 5.74) is 3.19. The number of ether oxygens (including phenoxy) is 1. The maximum Gasteiger partial charge on any atom is 0.179 e. The molecule has 0 N–H and O–H groups in total. The minimum Gasteiger partial charge on any atom is -0.490 e. The molecule has 0 unspecified atom stereocenters. The molecule has 0 atom stereocenters. The summed E-state index contributed by atoms with van der Waals surface area (Å²) in [5, 5.41) is 0. The summed E-state index contributed by atoms with van der Waals surface area (Å²) in [7, 11) is 0. The third kappa shape index (κ3) is 1.90. The zero-order valence-corrected chi connectivity index (χ0v) is 10.3. The highest BCUT2D eigenvalue weighted by atomic mass is 16.5. The van der Waals surface area contributed by atoms with E-state index in [2.05, 4.69) is 35.5 Å². The van der Waals surface area contributed by atoms with Gasteiger partial charge in [-0.15, -0.1) is 0 Å². The standard InChI is InChI=1S/C13H18N2O/c1-5-16-12-6-11(9(2)3)8-15-7-10(4)14-13(12)15/h6-9H,5H2,1-4H3. The van der Waals surface area contributed by atoms with E-state index >= 15 is 0 Å². The van der Waals surface area contributed by atoms with Crippen LogP contribution in [0.25, 0.3) is 5.65 Å². The highest BCUT2D eigenvalue weighted by Gasteiger charge is 2.09. The number of nitrogens with zero attached hydrogens (tertiary/aromatic N) is 2. The van der Waals surface area contributed by atoms with Gasteiger partial charge in [0.05, 0.1) is 12.3 Å². The van der Waals surface area contributed by atoms with Crippen LogP contribution < -0.4 is 4.74 Å². The van der Waals surface area contributed by atoms with E-state index < -0.39 is 0 Å². The van der Waals surface area contributed by atoms with Crippen molar-refractivity contribution in [3.8, 4) is 5.75 Å². The van der Waals surface area contributed by atoms with E-state index in [1.807, 2.05) is 20.0 Å². The zero-order chi connectivity index (χ0) is 11.7. The third-order valence-electron chi connectivity index (χ3n) is 2.63. The topological polar surface area (TPSA) is 26.5 Å². The molecule has 0 bridgehead atoms. The highest BCUT2D eigenvalue weighted by Crippen LogP contribution is 2.25. The van der Waals surface area contributed by atoms with E-state index in [9.17, 15) is 0 Å². The Labute approximate surface area is 96.1 Å². The first-order valence-corrected chi connectivity index (χ1v) is 5.74. The summed E-state index contributed by atoms with van der Waals surface area (Å²) in [6.07, 6.45) is 4.16. The molecule has 86 valence electrons. The zero-order valence-electron chi connectivity index (χ0n) is 10.3. The van der Waals surface area contributed by atoms with Gasteiger partial charge in [0.1, 0.15) is 0 Å². The number of aryl methyl sites for hydroxylation is 1. The Bertz CT molecular complexity index is 500. The fourth-order valence-corrected chi connectivity index (χ4v) is 1.79. The molecule has 0 fully saturated rings. The molecule has 0 saturated heterocycles. The lowest BCUT2D eigenvalue weighted by atomic mass is 10.1. The summed E-state index contributed by atoms with van der Waals surface area (Å²) in [5.74, 6) is 1.37. The second-order valence-corrected chi connectivity index (χ2v) is 4.34. The van der Waals surface area contributed by atoms with E-state index in [0.717, 1.165) is 17.1 Å². The first-order valence-electron chi connectivity index (χ1n) is 5.74. The van der Waals surface area contributed by atoms with Gasteiger partial charge < -0.3 is 9.14 Å². The smallest absolute Gasteiger partial charge is 0.179 e. The van der Waals surface area contributed by atoms with Crippen LogP contribution >= 0.6 is 0 Å². The SMILES string of the molecule is CCOc1cc(C(C)C)cn2cc(C)nc12. The van der Waals surface area contributed by atoms with E-state index in [1.165, 1.54) is 5.56 Å². The van der Waals surface area contributed by atoms with Crippen molar-refractivity contribution in [1.82, 2.24) is 9.38 Å². The molecule has 0 spiro atoms. The summed E-state index contributed by atoms with van der Waals surface area (Å²) in [6, 6.07) is 2.09. The molecule has 0 aromatic carbocycles. The van der Waals surface area contributed by atoms with Crippen molar-refractivity contribution in [2.24, 2.45) is 0 Å². The summed E-state index contributed by atoms with van der Waals surface area (Å²) < 4.78 is 7.69. The Balaban J connectivity index is 2.63. The molecule has 0 aliphatic carbocycles. The number of pyridine rings is 1. The monoisotopic (exact) mass is 218 g/mol. The Kier molecular flexibility index (Phi) is 2.86. The fourth-order valence-electron chi connectivity index (χ4n) is 1.79. The van der Waals surface area contributed by atoms with Gasteiger partial charge in [-0.05, 0) is 31.4 Å². The van der Waals surface area contributed by atoms with Crippen LogP contribution in [0.15, 0.2) is 18.5 Å². The number of fused-ring (bicyclic) bond motifs is 1. The van der Waals surface area contributed by atoms with Gasteiger partial charge in [0.15, 0.2) is 11.4 Å². The van der Waals surface area contributed by atoms with Crippen LogP contribution in [0, 0.1) is 6.92 Å². The van der Waals surface area contributed by atoms with Gasteiger partial charge in [-0.1, -0.05) is 13.8 Å². The molecule has 2 heterocycles. The molecule has 0 aliphatic rings. The van der Waals surface area contributed by atoms with Crippen molar-refractivity contribution in [3.05, 3.63) is 29.7 Å². The fraction of sp³-hybridized carbons (Fsp3) is 0.462. The molecule has 2 aromatic rings. The first kappa shape index (κ1) is 11.0. The minimum absolute atomic E-state index is 0.492. The van der Waals surface area contributed by atoms with Crippen molar-refractivity contribution in [1.29, 1.82) is 0 Å². The van der Waals surface area contributed by atoms with Crippen LogP contribution in [0.1, 0.15) is 37.9 Å². The molecule has 2 rings (SSSR count). The molecule has 0 amide bonds. The lowest BCUT2D eigenvalue weighted by molar-refractivity contribution is 0.341.